The number of rotatable bonds is 3. The molecule has 4 heteroatoms. The van der Waals surface area contributed by atoms with Gasteiger partial charge in [-0.2, -0.15) is 0 Å². The minimum Gasteiger partial charge on any atom is -0.508 e. The van der Waals surface area contributed by atoms with E-state index in [-0.39, 0.29) is 5.75 Å². The third-order valence-electron chi connectivity index (χ3n) is 2.23. The fourth-order valence-corrected chi connectivity index (χ4v) is 2.31. The van der Waals surface area contributed by atoms with Gasteiger partial charge in [0.2, 0.25) is 0 Å². The van der Waals surface area contributed by atoms with Crippen molar-refractivity contribution in [1.29, 1.82) is 0 Å². The van der Waals surface area contributed by atoms with Crippen molar-refractivity contribution in [3.05, 3.63) is 51.7 Å². The molecular weight excluding hydrogens is 224 g/mol. The molecule has 0 aliphatic heterocycles. The van der Waals surface area contributed by atoms with Crippen molar-refractivity contribution < 1.29 is 15.0 Å². The van der Waals surface area contributed by atoms with Gasteiger partial charge in [0.05, 0.1) is 0 Å². The van der Waals surface area contributed by atoms with Gasteiger partial charge in [-0.3, -0.25) is 0 Å². The molecule has 0 amide bonds. The summed E-state index contributed by atoms with van der Waals surface area (Å²) in [6.07, 6.45) is 0.560. The molecule has 2 aromatic rings. The smallest absolute Gasteiger partial charge is 0.345 e. The summed E-state index contributed by atoms with van der Waals surface area (Å²) < 4.78 is 0. The van der Waals surface area contributed by atoms with Crippen molar-refractivity contribution in [2.75, 3.05) is 0 Å². The van der Waals surface area contributed by atoms with E-state index in [1.165, 1.54) is 11.3 Å². The molecule has 16 heavy (non-hydrogen) atoms. The van der Waals surface area contributed by atoms with Crippen LogP contribution in [0.4, 0.5) is 0 Å². The maximum absolute atomic E-state index is 10.7. The summed E-state index contributed by atoms with van der Waals surface area (Å²) >= 11 is 1.23. The first-order chi connectivity index (χ1) is 7.66. The Balaban J connectivity index is 2.21. The highest BCUT2D eigenvalue weighted by Gasteiger charge is 2.08. The molecule has 1 aromatic heterocycles. The highest BCUT2D eigenvalue weighted by molar-refractivity contribution is 7.13. The van der Waals surface area contributed by atoms with Crippen LogP contribution in [0.2, 0.25) is 0 Å². The standard InChI is InChI=1S/C12H10O3S/c13-10-4-2-1-3-8(10)7-9-5-6-11(16-9)12(14)15/h1-6,13H,7H2,(H,14,15). The van der Waals surface area contributed by atoms with Crippen molar-refractivity contribution >= 4 is 17.3 Å². The molecule has 2 rings (SSSR count). The maximum Gasteiger partial charge on any atom is 0.345 e. The zero-order valence-electron chi connectivity index (χ0n) is 8.38. The molecule has 1 heterocycles. The highest BCUT2D eigenvalue weighted by Crippen LogP contribution is 2.24. The number of phenols is 1. The van der Waals surface area contributed by atoms with Gasteiger partial charge in [-0.25, -0.2) is 4.79 Å². The van der Waals surface area contributed by atoms with E-state index in [2.05, 4.69) is 0 Å². The SMILES string of the molecule is O=C(O)c1ccc(Cc2ccccc2O)s1. The van der Waals surface area contributed by atoms with Crippen LogP contribution in [0.3, 0.4) is 0 Å². The van der Waals surface area contributed by atoms with Gasteiger partial charge in [0.1, 0.15) is 10.6 Å². The monoisotopic (exact) mass is 234 g/mol. The fourth-order valence-electron chi connectivity index (χ4n) is 1.44. The molecule has 3 nitrogen and oxygen atoms in total. The van der Waals surface area contributed by atoms with Crippen molar-refractivity contribution in [2.24, 2.45) is 0 Å². The Bertz CT molecular complexity index is 516. The summed E-state index contributed by atoms with van der Waals surface area (Å²) in [7, 11) is 0. The third-order valence-corrected chi connectivity index (χ3v) is 3.30. The number of benzene rings is 1. The summed E-state index contributed by atoms with van der Waals surface area (Å²) in [6.45, 7) is 0. The van der Waals surface area contributed by atoms with Crippen LogP contribution in [0.15, 0.2) is 36.4 Å². The minimum absolute atomic E-state index is 0.243. The summed E-state index contributed by atoms with van der Waals surface area (Å²) in [5.74, 6) is -0.665. The number of para-hydroxylation sites is 1. The number of hydrogen-bond donors (Lipinski definition) is 2. The molecule has 0 saturated heterocycles. The minimum atomic E-state index is -0.909. The molecule has 0 bridgehead atoms. The first-order valence-electron chi connectivity index (χ1n) is 4.75. The van der Waals surface area contributed by atoms with Gasteiger partial charge in [-0.15, -0.1) is 11.3 Å². The van der Waals surface area contributed by atoms with Crippen LogP contribution in [-0.4, -0.2) is 16.2 Å². The van der Waals surface area contributed by atoms with E-state index < -0.39 is 5.97 Å². The summed E-state index contributed by atoms with van der Waals surface area (Å²) in [5, 5.41) is 18.4. The van der Waals surface area contributed by atoms with Crippen LogP contribution in [0.1, 0.15) is 20.1 Å². The van der Waals surface area contributed by atoms with Crippen LogP contribution < -0.4 is 0 Å². The number of thiophene rings is 1. The first kappa shape index (κ1) is 10.7. The Morgan fingerprint density at radius 1 is 1.19 bits per heavy atom. The Labute approximate surface area is 96.6 Å². The summed E-state index contributed by atoms with van der Waals surface area (Å²) in [4.78, 5) is 11.9. The van der Waals surface area contributed by atoms with Gasteiger partial charge in [-0.1, -0.05) is 18.2 Å². The lowest BCUT2D eigenvalue weighted by Gasteiger charge is -2.01. The molecule has 82 valence electrons. The second-order valence-corrected chi connectivity index (χ2v) is 4.54. The highest BCUT2D eigenvalue weighted by atomic mass is 32.1. The molecule has 2 N–H and O–H groups in total. The number of phenolic OH excluding ortho intramolecular Hbond substituents is 1. The largest absolute Gasteiger partial charge is 0.508 e. The Kier molecular flexibility index (Phi) is 2.92. The van der Waals surface area contributed by atoms with E-state index in [1.54, 1.807) is 24.3 Å². The van der Waals surface area contributed by atoms with Crippen LogP contribution >= 0.6 is 11.3 Å². The van der Waals surface area contributed by atoms with Crippen LogP contribution in [-0.2, 0) is 6.42 Å². The second kappa shape index (κ2) is 4.37. The number of hydrogen-bond acceptors (Lipinski definition) is 3. The summed E-state index contributed by atoms with van der Waals surface area (Å²) in [5.41, 5.74) is 0.807. The Morgan fingerprint density at radius 2 is 1.94 bits per heavy atom. The number of carbonyl (C=O) groups is 1. The lowest BCUT2D eigenvalue weighted by atomic mass is 10.1. The number of carboxylic acids is 1. The van der Waals surface area contributed by atoms with Crippen molar-refractivity contribution in [1.82, 2.24) is 0 Å². The average Bonchev–Trinajstić information content (AvgIpc) is 2.70. The summed E-state index contributed by atoms with van der Waals surface area (Å²) in [6, 6.07) is 10.4. The number of aromatic carboxylic acids is 1. The van der Waals surface area contributed by atoms with Gasteiger partial charge >= 0.3 is 5.97 Å². The molecule has 0 atom stereocenters. The molecule has 1 aromatic carbocycles. The first-order valence-corrected chi connectivity index (χ1v) is 5.57. The van der Waals surface area contributed by atoms with Gasteiger partial charge < -0.3 is 10.2 Å². The molecule has 0 fully saturated rings. The van der Waals surface area contributed by atoms with Crippen molar-refractivity contribution in [3.8, 4) is 5.75 Å². The lowest BCUT2D eigenvalue weighted by molar-refractivity contribution is 0.0702. The molecule has 0 aliphatic rings. The molecule has 0 aliphatic carbocycles. The fraction of sp³-hybridized carbons (Fsp3) is 0.0833. The maximum atomic E-state index is 10.7. The predicted molar refractivity (Wildman–Crippen MR) is 62.2 cm³/mol. The molecule has 0 spiro atoms. The van der Waals surface area contributed by atoms with E-state index in [0.717, 1.165) is 10.4 Å². The van der Waals surface area contributed by atoms with E-state index >= 15 is 0 Å². The quantitative estimate of drug-likeness (QED) is 0.858. The predicted octanol–water partition coefficient (Wildman–Crippen LogP) is 2.74. The normalized spacial score (nSPS) is 10.2. The van der Waals surface area contributed by atoms with Crippen LogP contribution in [0.25, 0.3) is 0 Å². The number of aromatic hydroxyl groups is 1. The van der Waals surface area contributed by atoms with Gasteiger partial charge in [0, 0.05) is 11.3 Å². The number of carboxylic acid groups (broad SMARTS) is 1. The van der Waals surface area contributed by atoms with Gasteiger partial charge in [0.15, 0.2) is 0 Å². The third kappa shape index (κ3) is 2.23. The topological polar surface area (TPSA) is 57.5 Å². The van der Waals surface area contributed by atoms with Crippen molar-refractivity contribution in [3.63, 3.8) is 0 Å². The van der Waals surface area contributed by atoms with Crippen LogP contribution in [0.5, 0.6) is 5.75 Å². The Hall–Kier alpha value is -1.81. The van der Waals surface area contributed by atoms with Crippen molar-refractivity contribution in [2.45, 2.75) is 6.42 Å². The van der Waals surface area contributed by atoms with E-state index in [1.807, 2.05) is 12.1 Å². The zero-order chi connectivity index (χ0) is 11.5. The Morgan fingerprint density at radius 3 is 2.56 bits per heavy atom. The van der Waals surface area contributed by atoms with E-state index in [0.29, 0.717) is 11.3 Å². The lowest BCUT2D eigenvalue weighted by Crippen LogP contribution is -1.89. The van der Waals surface area contributed by atoms with E-state index in [9.17, 15) is 9.90 Å². The molecule has 0 radical (unpaired) electrons. The zero-order valence-corrected chi connectivity index (χ0v) is 9.20. The second-order valence-electron chi connectivity index (χ2n) is 3.38. The molecule has 0 saturated carbocycles. The molecule has 0 unspecified atom stereocenters. The van der Waals surface area contributed by atoms with E-state index in [4.69, 9.17) is 5.11 Å². The average molecular weight is 234 g/mol. The molecular formula is C12H10O3S. The van der Waals surface area contributed by atoms with Crippen LogP contribution in [0, 0.1) is 0 Å². The van der Waals surface area contributed by atoms with Gasteiger partial charge in [0.25, 0.3) is 0 Å². The van der Waals surface area contributed by atoms with Gasteiger partial charge in [-0.05, 0) is 23.8 Å².